The highest BCUT2D eigenvalue weighted by Gasteiger charge is 2.28. The minimum atomic E-state index is -0.549. The van der Waals surface area contributed by atoms with Crippen molar-refractivity contribution in [2.24, 2.45) is 0 Å². The summed E-state index contributed by atoms with van der Waals surface area (Å²) in [6.45, 7) is 6.82. The number of carbonyl (C=O) groups excluding carboxylic acids is 2. The van der Waals surface area contributed by atoms with Crippen molar-refractivity contribution >= 4 is 22.9 Å². The molecule has 4 rings (SSSR count). The lowest BCUT2D eigenvalue weighted by Gasteiger charge is -2.33. The number of para-hydroxylation sites is 1. The predicted octanol–water partition coefficient (Wildman–Crippen LogP) is 4.96. The van der Waals surface area contributed by atoms with Gasteiger partial charge in [-0.2, -0.15) is 0 Å². The fourth-order valence-electron chi connectivity index (χ4n) is 4.22. The number of alkyl carbamates (subject to hydrolysis) is 1. The molecule has 0 aliphatic carbocycles. The zero-order valence-corrected chi connectivity index (χ0v) is 19.3. The Morgan fingerprint density at radius 3 is 2.42 bits per heavy atom. The molecule has 0 atom stereocenters. The van der Waals surface area contributed by atoms with Gasteiger partial charge < -0.3 is 19.5 Å². The smallest absolute Gasteiger partial charge is 0.407 e. The maximum absolute atomic E-state index is 14.4. The fraction of sp³-hybridized carbons (Fsp3) is 0.385. The van der Waals surface area contributed by atoms with Gasteiger partial charge in [0.2, 0.25) is 0 Å². The molecule has 1 aliphatic rings. The molecular formula is C26H30FN3O3. The van der Waals surface area contributed by atoms with Crippen LogP contribution in [-0.4, -0.2) is 46.2 Å². The van der Waals surface area contributed by atoms with Crippen LogP contribution >= 0.6 is 0 Å². The van der Waals surface area contributed by atoms with Crippen molar-refractivity contribution in [1.29, 1.82) is 0 Å². The van der Waals surface area contributed by atoms with Gasteiger partial charge in [0.25, 0.3) is 5.91 Å². The number of nitrogens with zero attached hydrogens (tertiary/aromatic N) is 2. The van der Waals surface area contributed by atoms with Crippen molar-refractivity contribution in [1.82, 2.24) is 14.8 Å². The number of rotatable bonds is 4. The molecule has 0 spiro atoms. The minimum Gasteiger partial charge on any atom is -0.444 e. The summed E-state index contributed by atoms with van der Waals surface area (Å²) in [6, 6.07) is 16.2. The molecule has 0 saturated carbocycles. The van der Waals surface area contributed by atoms with Gasteiger partial charge in [-0.15, -0.1) is 0 Å². The molecule has 1 saturated heterocycles. The third-order valence-electron chi connectivity index (χ3n) is 5.82. The summed E-state index contributed by atoms with van der Waals surface area (Å²) in [5.41, 5.74) is 1.42. The van der Waals surface area contributed by atoms with E-state index in [-0.39, 0.29) is 24.3 Å². The first kappa shape index (κ1) is 22.8. The summed E-state index contributed by atoms with van der Waals surface area (Å²) >= 11 is 0. The molecule has 2 aromatic carbocycles. The molecule has 0 bridgehead atoms. The first-order valence-electron chi connectivity index (χ1n) is 11.3. The third-order valence-corrected chi connectivity index (χ3v) is 5.82. The molecule has 33 heavy (non-hydrogen) atoms. The first-order valence-corrected chi connectivity index (χ1v) is 11.3. The van der Waals surface area contributed by atoms with E-state index in [0.717, 1.165) is 10.9 Å². The summed E-state index contributed by atoms with van der Waals surface area (Å²) in [7, 11) is 0. The number of benzene rings is 2. The molecule has 0 unspecified atom stereocenters. The summed E-state index contributed by atoms with van der Waals surface area (Å²) in [5.74, 6) is -0.374. The van der Waals surface area contributed by atoms with Gasteiger partial charge in [0.05, 0.1) is 6.54 Å². The molecule has 2 heterocycles. The fourth-order valence-corrected chi connectivity index (χ4v) is 4.22. The number of carbonyl (C=O) groups is 2. The Hall–Kier alpha value is -3.35. The lowest BCUT2D eigenvalue weighted by atomic mass is 10.0. The number of amides is 2. The first-order chi connectivity index (χ1) is 15.7. The second kappa shape index (κ2) is 9.25. The van der Waals surface area contributed by atoms with Crippen LogP contribution in [0.15, 0.2) is 54.6 Å². The van der Waals surface area contributed by atoms with Gasteiger partial charge in [0, 0.05) is 35.6 Å². The van der Waals surface area contributed by atoms with Crippen molar-refractivity contribution in [3.63, 3.8) is 0 Å². The largest absolute Gasteiger partial charge is 0.444 e. The molecule has 1 N–H and O–H groups in total. The van der Waals surface area contributed by atoms with Crippen LogP contribution in [0.4, 0.5) is 9.18 Å². The maximum Gasteiger partial charge on any atom is 0.407 e. The third kappa shape index (κ3) is 5.35. The number of nitrogens with one attached hydrogen (secondary N) is 1. The van der Waals surface area contributed by atoms with Gasteiger partial charge in [-0.1, -0.05) is 36.4 Å². The number of likely N-dealkylation sites (tertiary alicyclic amines) is 1. The number of aromatic nitrogens is 1. The molecule has 6 nitrogen and oxygen atoms in total. The van der Waals surface area contributed by atoms with E-state index in [0.29, 0.717) is 37.2 Å². The highest BCUT2D eigenvalue weighted by atomic mass is 19.1. The molecule has 1 aromatic heterocycles. The molecule has 1 fully saturated rings. The number of hydrogen-bond donors (Lipinski definition) is 1. The average Bonchev–Trinajstić information content (AvgIpc) is 3.12. The van der Waals surface area contributed by atoms with Crippen molar-refractivity contribution < 1.29 is 18.7 Å². The average molecular weight is 452 g/mol. The Bertz CT molecular complexity index is 1160. The van der Waals surface area contributed by atoms with Crippen molar-refractivity contribution in [2.45, 2.75) is 51.8 Å². The maximum atomic E-state index is 14.4. The standard InChI is InChI=1S/C26H30FN3O3/c1-26(2,3)33-25(32)28-20-12-14-29(15-13-20)24(31)23-16-18-8-5-7-11-22(18)30(23)17-19-9-4-6-10-21(19)27/h4-11,16,20H,12-15,17H2,1-3H3,(H,28,32). The van der Waals surface area contributed by atoms with Gasteiger partial charge in [-0.25, -0.2) is 9.18 Å². The van der Waals surface area contributed by atoms with Gasteiger partial charge in [0.1, 0.15) is 17.1 Å². The molecule has 2 amide bonds. The molecule has 3 aromatic rings. The van der Waals surface area contributed by atoms with E-state index in [2.05, 4.69) is 5.32 Å². The van der Waals surface area contributed by atoms with Crippen LogP contribution in [0.2, 0.25) is 0 Å². The van der Waals surface area contributed by atoms with Crippen molar-refractivity contribution in [3.8, 4) is 0 Å². The van der Waals surface area contributed by atoms with Crippen LogP contribution in [0.3, 0.4) is 0 Å². The SMILES string of the molecule is CC(C)(C)OC(=O)NC1CCN(C(=O)c2cc3ccccc3n2Cc2ccccc2F)CC1. The predicted molar refractivity (Wildman–Crippen MR) is 126 cm³/mol. The molecule has 174 valence electrons. The molecular weight excluding hydrogens is 421 g/mol. The quantitative estimate of drug-likeness (QED) is 0.610. The lowest BCUT2D eigenvalue weighted by Crippen LogP contribution is -2.47. The molecule has 7 heteroatoms. The lowest BCUT2D eigenvalue weighted by molar-refractivity contribution is 0.0473. The molecule has 0 radical (unpaired) electrons. The van der Waals surface area contributed by atoms with Gasteiger partial charge in [-0.3, -0.25) is 4.79 Å². The van der Waals surface area contributed by atoms with E-state index in [1.807, 2.05) is 55.7 Å². The van der Waals surface area contributed by atoms with Crippen molar-refractivity contribution in [2.75, 3.05) is 13.1 Å². The van der Waals surface area contributed by atoms with E-state index in [4.69, 9.17) is 4.74 Å². The zero-order chi connectivity index (χ0) is 23.6. The van der Waals surface area contributed by atoms with Crippen LogP contribution in [0.1, 0.15) is 49.7 Å². The second-order valence-electron chi connectivity index (χ2n) is 9.48. The number of hydrogen-bond acceptors (Lipinski definition) is 3. The van der Waals surface area contributed by atoms with Crippen LogP contribution < -0.4 is 5.32 Å². The molecule has 1 aliphatic heterocycles. The van der Waals surface area contributed by atoms with E-state index < -0.39 is 11.7 Å². The minimum absolute atomic E-state index is 0.0341. The van der Waals surface area contributed by atoms with E-state index >= 15 is 0 Å². The second-order valence-corrected chi connectivity index (χ2v) is 9.48. The van der Waals surface area contributed by atoms with Crippen LogP contribution in [0.25, 0.3) is 10.9 Å². The van der Waals surface area contributed by atoms with E-state index in [1.54, 1.807) is 23.1 Å². The van der Waals surface area contributed by atoms with Gasteiger partial charge >= 0.3 is 6.09 Å². The Morgan fingerprint density at radius 2 is 1.73 bits per heavy atom. The number of halogens is 1. The van der Waals surface area contributed by atoms with Gasteiger partial charge in [0.15, 0.2) is 0 Å². The summed E-state index contributed by atoms with van der Waals surface area (Å²) in [5, 5.41) is 3.84. The highest BCUT2D eigenvalue weighted by Crippen LogP contribution is 2.24. The Labute approximate surface area is 193 Å². The number of fused-ring (bicyclic) bond motifs is 1. The van der Waals surface area contributed by atoms with Crippen LogP contribution in [0.5, 0.6) is 0 Å². The topological polar surface area (TPSA) is 63.6 Å². The van der Waals surface area contributed by atoms with E-state index in [9.17, 15) is 14.0 Å². The number of ether oxygens (including phenoxy) is 1. The van der Waals surface area contributed by atoms with Crippen LogP contribution in [0, 0.1) is 5.82 Å². The van der Waals surface area contributed by atoms with E-state index in [1.165, 1.54) is 6.07 Å². The normalized spacial score (nSPS) is 15.0. The zero-order valence-electron chi connectivity index (χ0n) is 19.3. The number of piperidine rings is 1. The summed E-state index contributed by atoms with van der Waals surface area (Å²) in [6.07, 6.45) is 0.870. The van der Waals surface area contributed by atoms with Crippen molar-refractivity contribution in [3.05, 3.63) is 71.7 Å². The van der Waals surface area contributed by atoms with Crippen LogP contribution in [-0.2, 0) is 11.3 Å². The Morgan fingerprint density at radius 1 is 1.06 bits per heavy atom. The van der Waals surface area contributed by atoms with Gasteiger partial charge in [-0.05, 0) is 51.8 Å². The Kier molecular flexibility index (Phi) is 6.40. The monoisotopic (exact) mass is 451 g/mol. The summed E-state index contributed by atoms with van der Waals surface area (Å²) < 4.78 is 21.6. The highest BCUT2D eigenvalue weighted by molar-refractivity contribution is 5.99. The Balaban J connectivity index is 1.50. The summed E-state index contributed by atoms with van der Waals surface area (Å²) in [4.78, 5) is 27.3.